The van der Waals surface area contributed by atoms with Crippen LogP contribution in [0.25, 0.3) is 22.3 Å². The largest absolute Gasteiger partial charge is 0.403 e. The van der Waals surface area contributed by atoms with Gasteiger partial charge in [0.25, 0.3) is 5.91 Å². The summed E-state index contributed by atoms with van der Waals surface area (Å²) in [6.07, 6.45) is 8.31. The van der Waals surface area contributed by atoms with Crippen molar-refractivity contribution < 1.29 is 4.79 Å². The van der Waals surface area contributed by atoms with Crippen LogP contribution in [0.3, 0.4) is 0 Å². The summed E-state index contributed by atoms with van der Waals surface area (Å²) < 4.78 is 1.87. The van der Waals surface area contributed by atoms with Gasteiger partial charge in [0, 0.05) is 30.9 Å². The predicted molar refractivity (Wildman–Crippen MR) is 109 cm³/mol. The lowest BCUT2D eigenvalue weighted by molar-refractivity contribution is 0.0996. The summed E-state index contributed by atoms with van der Waals surface area (Å²) >= 11 is 0. The normalized spacial score (nSPS) is 14.2. The quantitative estimate of drug-likeness (QED) is 0.464. The number of fused-ring (bicyclic) bond motifs is 1. The van der Waals surface area contributed by atoms with Crippen LogP contribution >= 0.6 is 0 Å². The predicted octanol–water partition coefficient (Wildman–Crippen LogP) is 1.65. The molecule has 0 saturated heterocycles. The van der Waals surface area contributed by atoms with Gasteiger partial charge in [0.15, 0.2) is 11.5 Å². The number of primary amides is 1. The maximum absolute atomic E-state index is 12.1. The molecule has 3 aromatic rings. The van der Waals surface area contributed by atoms with E-state index in [0.29, 0.717) is 17.0 Å². The summed E-state index contributed by atoms with van der Waals surface area (Å²) in [5, 5.41) is 10.7. The van der Waals surface area contributed by atoms with E-state index in [4.69, 9.17) is 16.9 Å². The number of allylic oxidation sites excluding steroid dienone is 1. The summed E-state index contributed by atoms with van der Waals surface area (Å²) in [5.74, 6) is -0.318. The van der Waals surface area contributed by atoms with E-state index in [1.54, 1.807) is 25.6 Å². The number of aryl methyl sites for hydroxylation is 1. The Labute approximate surface area is 166 Å². The maximum atomic E-state index is 12.1. The van der Waals surface area contributed by atoms with Gasteiger partial charge in [-0.15, -0.1) is 0 Å². The molecule has 0 spiro atoms. The molecule has 10 nitrogen and oxygen atoms in total. The average molecular weight is 391 g/mol. The van der Waals surface area contributed by atoms with E-state index < -0.39 is 5.91 Å². The number of carbonyl (C=O) groups excluding carboxylic acids is 1. The van der Waals surface area contributed by atoms with Gasteiger partial charge in [0.05, 0.1) is 40.8 Å². The van der Waals surface area contributed by atoms with Crippen molar-refractivity contribution in [3.05, 3.63) is 42.0 Å². The van der Waals surface area contributed by atoms with Crippen molar-refractivity contribution in [2.24, 2.45) is 18.5 Å². The fourth-order valence-electron chi connectivity index (χ4n) is 3.15. The second-order valence-electron chi connectivity index (χ2n) is 7.03. The molecule has 1 saturated carbocycles. The topological polar surface area (TPSA) is 161 Å². The summed E-state index contributed by atoms with van der Waals surface area (Å²) in [6, 6.07) is 0. The molecular formula is C19H21N9O. The zero-order valence-electron chi connectivity index (χ0n) is 16.1. The number of carbonyl (C=O) groups is 1. The molecule has 1 amide bonds. The molecule has 4 rings (SSSR count). The number of nitrogens with two attached hydrogens (primary N) is 2. The second kappa shape index (κ2) is 6.97. The molecule has 10 heteroatoms. The minimum atomic E-state index is -0.733. The van der Waals surface area contributed by atoms with Crippen molar-refractivity contribution >= 4 is 28.5 Å². The first-order chi connectivity index (χ1) is 13.9. The Morgan fingerprint density at radius 1 is 1.34 bits per heavy atom. The molecule has 0 aliphatic heterocycles. The first-order valence-electron chi connectivity index (χ1n) is 9.12. The Hall–Kier alpha value is -3.82. The zero-order valence-corrected chi connectivity index (χ0v) is 16.1. The van der Waals surface area contributed by atoms with Gasteiger partial charge >= 0.3 is 0 Å². The third kappa shape index (κ3) is 3.28. The van der Waals surface area contributed by atoms with Crippen LogP contribution in [0.2, 0.25) is 0 Å². The number of pyridine rings is 1. The summed E-state index contributed by atoms with van der Waals surface area (Å²) in [4.78, 5) is 30.2. The van der Waals surface area contributed by atoms with Crippen LogP contribution in [0.15, 0.2) is 30.6 Å². The summed E-state index contributed by atoms with van der Waals surface area (Å²) in [6.45, 7) is 1.58. The Bertz CT molecular complexity index is 1170. The monoisotopic (exact) mass is 391 g/mol. The van der Waals surface area contributed by atoms with Crippen LogP contribution in [0.4, 0.5) is 5.82 Å². The highest BCUT2D eigenvalue weighted by Gasteiger charge is 2.32. The van der Waals surface area contributed by atoms with Crippen molar-refractivity contribution in [1.29, 1.82) is 5.41 Å². The van der Waals surface area contributed by atoms with Gasteiger partial charge in [-0.25, -0.2) is 15.0 Å². The van der Waals surface area contributed by atoms with Crippen molar-refractivity contribution in [2.75, 3.05) is 5.32 Å². The number of hydrogen-bond acceptors (Lipinski definition) is 8. The molecule has 6 N–H and O–H groups in total. The Morgan fingerprint density at radius 3 is 2.72 bits per heavy atom. The molecular weight excluding hydrogens is 370 g/mol. The van der Waals surface area contributed by atoms with Crippen LogP contribution in [-0.2, 0) is 7.05 Å². The highest BCUT2D eigenvalue weighted by Crippen LogP contribution is 2.44. The van der Waals surface area contributed by atoms with E-state index in [1.165, 1.54) is 6.20 Å². The van der Waals surface area contributed by atoms with Crippen LogP contribution in [0.1, 0.15) is 41.9 Å². The third-order valence-corrected chi connectivity index (χ3v) is 4.84. The fourth-order valence-corrected chi connectivity index (χ4v) is 3.15. The van der Waals surface area contributed by atoms with E-state index in [-0.39, 0.29) is 23.1 Å². The summed E-state index contributed by atoms with van der Waals surface area (Å²) in [7, 11) is 1.89. The lowest BCUT2D eigenvalue weighted by Gasteiger charge is -2.15. The molecule has 1 aliphatic rings. The van der Waals surface area contributed by atoms with E-state index in [2.05, 4.69) is 25.3 Å². The van der Waals surface area contributed by atoms with E-state index in [9.17, 15) is 4.79 Å². The number of amides is 1. The molecule has 3 heterocycles. The van der Waals surface area contributed by atoms with Gasteiger partial charge in [-0.3, -0.25) is 9.78 Å². The number of nitrogens with one attached hydrogen (secondary N) is 2. The summed E-state index contributed by atoms with van der Waals surface area (Å²) in [5.41, 5.74) is 15.3. The second-order valence-corrected chi connectivity index (χ2v) is 7.03. The van der Waals surface area contributed by atoms with Gasteiger partial charge in [0.1, 0.15) is 5.52 Å². The molecule has 3 aromatic heterocycles. The number of imidazole rings is 1. The molecule has 0 atom stereocenters. The van der Waals surface area contributed by atoms with E-state index in [1.807, 2.05) is 11.6 Å². The Kier molecular flexibility index (Phi) is 4.45. The van der Waals surface area contributed by atoms with Crippen molar-refractivity contribution in [3.63, 3.8) is 0 Å². The third-order valence-electron chi connectivity index (χ3n) is 4.84. The smallest absolute Gasteiger partial charge is 0.271 e. The molecule has 1 fully saturated rings. The van der Waals surface area contributed by atoms with Gasteiger partial charge < -0.3 is 26.8 Å². The van der Waals surface area contributed by atoms with Crippen LogP contribution in [-0.4, -0.2) is 36.1 Å². The standard InChI is InChI=1S/C19H21N9O/c1-9(21)12(5-20)25-19-17(18(22)29)26-16(14(27-19)10-3-4-10)11-6-23-7-13-15(11)24-8-28(13)2/h5-8,10,21H,3-4,20H2,1-2H3,(H2,22,29)(H,25,27)/b12-5+,21-9?. The SMILES string of the molecule is CC(=N)/C(=C\N)Nc1nc(C2CC2)c(-c2cncc3c2ncn3C)nc1C(N)=O. The van der Waals surface area contributed by atoms with E-state index >= 15 is 0 Å². The Morgan fingerprint density at radius 2 is 2.10 bits per heavy atom. The van der Waals surface area contributed by atoms with Crippen molar-refractivity contribution in [2.45, 2.75) is 25.7 Å². The number of hydrogen-bond donors (Lipinski definition) is 4. The lowest BCUT2D eigenvalue weighted by Crippen LogP contribution is -2.21. The minimum absolute atomic E-state index is 0.0297. The van der Waals surface area contributed by atoms with Crippen molar-refractivity contribution in [3.8, 4) is 11.3 Å². The van der Waals surface area contributed by atoms with Gasteiger partial charge in [-0.2, -0.15) is 0 Å². The Balaban J connectivity index is 1.94. The molecule has 0 aromatic carbocycles. The van der Waals surface area contributed by atoms with Gasteiger partial charge in [-0.05, 0) is 19.8 Å². The minimum Gasteiger partial charge on any atom is -0.403 e. The molecule has 29 heavy (non-hydrogen) atoms. The first-order valence-corrected chi connectivity index (χ1v) is 9.12. The van der Waals surface area contributed by atoms with E-state index in [0.717, 1.165) is 29.6 Å². The lowest BCUT2D eigenvalue weighted by atomic mass is 10.1. The fraction of sp³-hybridized carbons (Fsp3) is 0.263. The highest BCUT2D eigenvalue weighted by molar-refractivity contribution is 6.02. The highest BCUT2D eigenvalue weighted by atomic mass is 16.1. The van der Waals surface area contributed by atoms with Gasteiger partial charge in [0.2, 0.25) is 0 Å². The van der Waals surface area contributed by atoms with Crippen molar-refractivity contribution in [1.82, 2.24) is 24.5 Å². The van der Waals surface area contributed by atoms with Crippen LogP contribution < -0.4 is 16.8 Å². The zero-order chi connectivity index (χ0) is 20.7. The molecule has 0 unspecified atom stereocenters. The number of nitrogens with zero attached hydrogens (tertiary/aromatic N) is 5. The molecule has 0 radical (unpaired) electrons. The molecule has 0 bridgehead atoms. The van der Waals surface area contributed by atoms with Gasteiger partial charge in [-0.1, -0.05) is 0 Å². The average Bonchev–Trinajstić information content (AvgIpc) is 3.48. The maximum Gasteiger partial charge on any atom is 0.271 e. The molecule has 148 valence electrons. The number of anilines is 1. The number of rotatable bonds is 6. The van der Waals surface area contributed by atoms with Crippen LogP contribution in [0, 0.1) is 5.41 Å². The van der Waals surface area contributed by atoms with Crippen LogP contribution in [0.5, 0.6) is 0 Å². The number of aromatic nitrogens is 5. The first kappa shape index (κ1) is 18.5. The molecule has 1 aliphatic carbocycles.